The third-order valence-electron chi connectivity index (χ3n) is 3.38. The van der Waals surface area contributed by atoms with Crippen molar-refractivity contribution in [2.24, 2.45) is 0 Å². The molecule has 3 heterocycles. The molecule has 2 N–H and O–H groups in total. The molecule has 6 nitrogen and oxygen atoms in total. The van der Waals surface area contributed by atoms with E-state index in [1.807, 2.05) is 18.4 Å². The van der Waals surface area contributed by atoms with Gasteiger partial charge in [-0.1, -0.05) is 5.16 Å². The number of amides is 1. The van der Waals surface area contributed by atoms with Crippen LogP contribution >= 0.6 is 11.3 Å². The Morgan fingerprint density at radius 1 is 1.65 bits per heavy atom. The molecule has 0 saturated carbocycles. The maximum Gasteiger partial charge on any atom is 0.292 e. The quantitative estimate of drug-likeness (QED) is 0.898. The van der Waals surface area contributed by atoms with E-state index in [1.165, 1.54) is 5.56 Å². The van der Waals surface area contributed by atoms with Crippen molar-refractivity contribution < 1.29 is 9.32 Å². The van der Waals surface area contributed by atoms with Crippen LogP contribution in [0, 0.1) is 6.92 Å². The van der Waals surface area contributed by atoms with E-state index in [0.29, 0.717) is 12.4 Å². The van der Waals surface area contributed by atoms with Crippen LogP contribution in [0.4, 0.5) is 0 Å². The molecule has 20 heavy (non-hydrogen) atoms. The Morgan fingerprint density at radius 2 is 2.55 bits per heavy atom. The summed E-state index contributed by atoms with van der Waals surface area (Å²) in [6.07, 6.45) is 2.06. The average molecular weight is 292 g/mol. The highest BCUT2D eigenvalue weighted by Crippen LogP contribution is 2.21. The van der Waals surface area contributed by atoms with Gasteiger partial charge < -0.3 is 15.2 Å². The lowest BCUT2D eigenvalue weighted by Gasteiger charge is -2.02. The summed E-state index contributed by atoms with van der Waals surface area (Å²) in [5.74, 6) is 0.300. The van der Waals surface area contributed by atoms with Gasteiger partial charge in [0, 0.05) is 4.88 Å². The molecule has 0 aromatic carbocycles. The standard InChI is InChI=1S/C13H16N4O2S/c1-8-4-6-20-10(8)7-15-12(18)11-16-13(19-17-11)9-3-2-5-14-9/h4,6,9,14H,2-3,5,7H2,1H3,(H,15,18). The Kier molecular flexibility index (Phi) is 3.79. The molecular formula is C13H16N4O2S. The van der Waals surface area contributed by atoms with Crippen molar-refractivity contribution in [3.63, 3.8) is 0 Å². The molecule has 1 aliphatic rings. The number of nitrogens with zero attached hydrogens (tertiary/aromatic N) is 2. The highest BCUT2D eigenvalue weighted by atomic mass is 32.1. The summed E-state index contributed by atoms with van der Waals surface area (Å²) in [5.41, 5.74) is 1.18. The van der Waals surface area contributed by atoms with Crippen molar-refractivity contribution in [1.29, 1.82) is 0 Å². The molecule has 1 aliphatic heterocycles. The molecule has 0 bridgehead atoms. The van der Waals surface area contributed by atoms with E-state index in [4.69, 9.17) is 4.52 Å². The SMILES string of the molecule is Cc1ccsc1CNC(=O)c1noc(C2CCCN2)n1. The van der Waals surface area contributed by atoms with Crippen LogP contribution in [0.3, 0.4) is 0 Å². The second-order valence-electron chi connectivity index (χ2n) is 4.81. The summed E-state index contributed by atoms with van der Waals surface area (Å²) in [6, 6.07) is 2.12. The first kappa shape index (κ1) is 13.3. The van der Waals surface area contributed by atoms with E-state index in [2.05, 4.69) is 20.8 Å². The van der Waals surface area contributed by atoms with Gasteiger partial charge in [-0.2, -0.15) is 4.98 Å². The highest BCUT2D eigenvalue weighted by molar-refractivity contribution is 7.10. The molecule has 2 aromatic rings. The third-order valence-corrected chi connectivity index (χ3v) is 4.40. The van der Waals surface area contributed by atoms with E-state index in [0.717, 1.165) is 24.3 Å². The molecule has 1 amide bonds. The molecule has 1 unspecified atom stereocenters. The minimum absolute atomic E-state index is 0.0867. The molecule has 1 saturated heterocycles. The van der Waals surface area contributed by atoms with E-state index < -0.39 is 0 Å². The van der Waals surface area contributed by atoms with Crippen molar-refractivity contribution in [3.05, 3.63) is 33.6 Å². The number of carbonyl (C=O) groups excluding carboxylic acids is 1. The topological polar surface area (TPSA) is 80.0 Å². The molecule has 1 fully saturated rings. The molecule has 0 radical (unpaired) electrons. The Labute approximate surface area is 120 Å². The van der Waals surface area contributed by atoms with Gasteiger partial charge in [-0.3, -0.25) is 4.79 Å². The minimum atomic E-state index is -0.300. The molecule has 0 aliphatic carbocycles. The van der Waals surface area contributed by atoms with E-state index in [1.54, 1.807) is 11.3 Å². The van der Waals surface area contributed by atoms with Crippen LogP contribution < -0.4 is 10.6 Å². The van der Waals surface area contributed by atoms with Crippen LogP contribution in [0.2, 0.25) is 0 Å². The van der Waals surface area contributed by atoms with Gasteiger partial charge in [0.05, 0.1) is 12.6 Å². The van der Waals surface area contributed by atoms with Crippen molar-refractivity contribution in [3.8, 4) is 0 Å². The Balaban J connectivity index is 1.61. The van der Waals surface area contributed by atoms with Gasteiger partial charge in [0.2, 0.25) is 5.89 Å². The number of carbonyl (C=O) groups is 1. The number of aryl methyl sites for hydroxylation is 1. The first-order valence-corrected chi connectivity index (χ1v) is 7.50. The highest BCUT2D eigenvalue weighted by Gasteiger charge is 2.24. The number of nitrogens with one attached hydrogen (secondary N) is 2. The molecule has 0 spiro atoms. The average Bonchev–Trinajstić information content (AvgIpc) is 3.17. The van der Waals surface area contributed by atoms with Crippen LogP contribution in [-0.4, -0.2) is 22.6 Å². The van der Waals surface area contributed by atoms with E-state index in [-0.39, 0.29) is 17.8 Å². The zero-order valence-electron chi connectivity index (χ0n) is 11.2. The molecular weight excluding hydrogens is 276 g/mol. The van der Waals surface area contributed by atoms with Crippen LogP contribution in [0.5, 0.6) is 0 Å². The zero-order chi connectivity index (χ0) is 13.9. The maximum atomic E-state index is 12.0. The maximum absolute atomic E-state index is 12.0. The van der Waals surface area contributed by atoms with E-state index >= 15 is 0 Å². The summed E-state index contributed by atoms with van der Waals surface area (Å²) >= 11 is 1.62. The number of rotatable bonds is 4. The van der Waals surface area contributed by atoms with E-state index in [9.17, 15) is 4.79 Å². The van der Waals surface area contributed by atoms with Crippen LogP contribution in [0.15, 0.2) is 16.0 Å². The molecule has 7 heteroatoms. The van der Waals surface area contributed by atoms with Crippen LogP contribution in [0.25, 0.3) is 0 Å². The molecule has 2 aromatic heterocycles. The van der Waals surface area contributed by atoms with Crippen molar-refractivity contribution in [1.82, 2.24) is 20.8 Å². The van der Waals surface area contributed by atoms with Gasteiger partial charge >= 0.3 is 0 Å². The fourth-order valence-electron chi connectivity index (χ4n) is 2.19. The van der Waals surface area contributed by atoms with Gasteiger partial charge in [-0.05, 0) is 43.3 Å². The lowest BCUT2D eigenvalue weighted by molar-refractivity contribution is 0.0938. The predicted molar refractivity (Wildman–Crippen MR) is 74.5 cm³/mol. The molecule has 1 atom stereocenters. The van der Waals surface area contributed by atoms with Crippen molar-refractivity contribution >= 4 is 17.2 Å². The summed E-state index contributed by atoms with van der Waals surface area (Å²) in [6.45, 7) is 3.47. The lowest BCUT2D eigenvalue weighted by atomic mass is 10.2. The molecule has 106 valence electrons. The lowest BCUT2D eigenvalue weighted by Crippen LogP contribution is -2.24. The number of thiophene rings is 1. The van der Waals surface area contributed by atoms with Crippen molar-refractivity contribution in [2.75, 3.05) is 6.54 Å². The van der Waals surface area contributed by atoms with Crippen molar-refractivity contribution in [2.45, 2.75) is 32.4 Å². The second-order valence-corrected chi connectivity index (χ2v) is 5.82. The van der Waals surface area contributed by atoms with Gasteiger partial charge in [0.1, 0.15) is 0 Å². The Bertz CT molecular complexity index is 601. The fraction of sp³-hybridized carbons (Fsp3) is 0.462. The third kappa shape index (κ3) is 2.73. The van der Waals surface area contributed by atoms with Crippen LogP contribution in [0.1, 0.15) is 45.8 Å². The fourth-order valence-corrected chi connectivity index (χ4v) is 3.03. The zero-order valence-corrected chi connectivity index (χ0v) is 12.0. The summed E-state index contributed by atoms with van der Waals surface area (Å²) < 4.78 is 5.15. The number of hydrogen-bond acceptors (Lipinski definition) is 6. The van der Waals surface area contributed by atoms with Gasteiger partial charge in [0.25, 0.3) is 11.7 Å². The minimum Gasteiger partial charge on any atom is -0.344 e. The first-order chi connectivity index (χ1) is 9.74. The summed E-state index contributed by atoms with van der Waals surface area (Å²) in [7, 11) is 0. The second kappa shape index (κ2) is 5.72. The predicted octanol–water partition coefficient (Wildman–Crippen LogP) is 1.79. The van der Waals surface area contributed by atoms with Gasteiger partial charge in [0.15, 0.2) is 0 Å². The van der Waals surface area contributed by atoms with Gasteiger partial charge in [-0.25, -0.2) is 0 Å². The number of aromatic nitrogens is 2. The monoisotopic (exact) mass is 292 g/mol. The molecule has 3 rings (SSSR count). The van der Waals surface area contributed by atoms with Gasteiger partial charge in [-0.15, -0.1) is 11.3 Å². The normalized spacial score (nSPS) is 18.4. The Morgan fingerprint density at radius 3 is 3.25 bits per heavy atom. The largest absolute Gasteiger partial charge is 0.344 e. The Hall–Kier alpha value is -1.73. The number of hydrogen-bond donors (Lipinski definition) is 2. The smallest absolute Gasteiger partial charge is 0.292 e. The van der Waals surface area contributed by atoms with Crippen LogP contribution in [-0.2, 0) is 6.54 Å². The first-order valence-electron chi connectivity index (χ1n) is 6.62. The summed E-state index contributed by atoms with van der Waals surface area (Å²) in [5, 5.41) is 11.8. The summed E-state index contributed by atoms with van der Waals surface area (Å²) in [4.78, 5) is 17.3.